The number of para-hydroxylation sites is 1. The summed E-state index contributed by atoms with van der Waals surface area (Å²) in [5, 5.41) is 10.8. The van der Waals surface area contributed by atoms with Crippen LogP contribution in [0.1, 0.15) is 6.92 Å². The van der Waals surface area contributed by atoms with Crippen molar-refractivity contribution in [2.24, 2.45) is 0 Å². The van der Waals surface area contributed by atoms with Crippen LogP contribution in [0.5, 0.6) is 0 Å². The molecule has 3 aromatic rings. The summed E-state index contributed by atoms with van der Waals surface area (Å²) in [5.74, 6) is -2.08. The van der Waals surface area contributed by atoms with Gasteiger partial charge in [0.05, 0.1) is 5.69 Å². The molecular formula is C22H20F2N4O2. The van der Waals surface area contributed by atoms with Crippen molar-refractivity contribution in [1.29, 1.82) is 0 Å². The van der Waals surface area contributed by atoms with Crippen LogP contribution in [0, 0.1) is 11.6 Å². The Kier molecular flexibility index (Phi) is 6.59. The molecule has 0 saturated carbocycles. The maximum Gasteiger partial charge on any atom is 0.323 e. The van der Waals surface area contributed by atoms with Gasteiger partial charge in [0.15, 0.2) is 0 Å². The van der Waals surface area contributed by atoms with Crippen molar-refractivity contribution >= 4 is 34.7 Å². The zero-order valence-corrected chi connectivity index (χ0v) is 16.1. The molecule has 1 atom stereocenters. The molecule has 154 valence electrons. The highest BCUT2D eigenvalue weighted by atomic mass is 19.1. The number of halogens is 2. The Morgan fingerprint density at radius 3 is 2.17 bits per heavy atom. The van der Waals surface area contributed by atoms with Crippen molar-refractivity contribution in [3.8, 4) is 0 Å². The van der Waals surface area contributed by atoms with Gasteiger partial charge in [0, 0.05) is 23.1 Å². The molecule has 0 aromatic heterocycles. The molecule has 0 radical (unpaired) electrons. The number of hydrogen-bond acceptors (Lipinski definition) is 3. The van der Waals surface area contributed by atoms with Gasteiger partial charge in [-0.3, -0.25) is 4.79 Å². The number of nitrogens with one attached hydrogen (secondary N) is 4. The van der Waals surface area contributed by atoms with Crippen LogP contribution < -0.4 is 21.3 Å². The van der Waals surface area contributed by atoms with Crippen LogP contribution in [0.25, 0.3) is 0 Å². The van der Waals surface area contributed by atoms with Crippen molar-refractivity contribution in [1.82, 2.24) is 0 Å². The Morgan fingerprint density at radius 1 is 0.767 bits per heavy atom. The van der Waals surface area contributed by atoms with E-state index < -0.39 is 29.6 Å². The highest BCUT2D eigenvalue weighted by Gasteiger charge is 2.15. The lowest BCUT2D eigenvalue weighted by atomic mass is 10.2. The zero-order chi connectivity index (χ0) is 21.5. The number of carbonyl (C=O) groups excluding carboxylic acids is 2. The van der Waals surface area contributed by atoms with Crippen LogP contribution in [0.4, 0.5) is 36.3 Å². The second-order valence-corrected chi connectivity index (χ2v) is 6.51. The molecule has 0 spiro atoms. The van der Waals surface area contributed by atoms with Gasteiger partial charge in [0.25, 0.3) is 0 Å². The molecule has 0 aliphatic carbocycles. The van der Waals surface area contributed by atoms with E-state index in [1.54, 1.807) is 43.3 Å². The van der Waals surface area contributed by atoms with Gasteiger partial charge in [-0.25, -0.2) is 13.6 Å². The lowest BCUT2D eigenvalue weighted by Gasteiger charge is -2.16. The maximum atomic E-state index is 13.7. The van der Waals surface area contributed by atoms with Gasteiger partial charge in [-0.2, -0.15) is 0 Å². The first-order valence-electron chi connectivity index (χ1n) is 9.16. The van der Waals surface area contributed by atoms with Crippen molar-refractivity contribution in [2.45, 2.75) is 13.0 Å². The minimum atomic E-state index is -0.855. The van der Waals surface area contributed by atoms with Crippen LogP contribution in [-0.2, 0) is 4.79 Å². The predicted octanol–water partition coefficient (Wildman–Crippen LogP) is 5.05. The maximum absolute atomic E-state index is 13.7. The summed E-state index contributed by atoms with van der Waals surface area (Å²) < 4.78 is 26.7. The highest BCUT2D eigenvalue weighted by Crippen LogP contribution is 2.18. The fourth-order valence-corrected chi connectivity index (χ4v) is 2.65. The van der Waals surface area contributed by atoms with Gasteiger partial charge in [-0.15, -0.1) is 0 Å². The van der Waals surface area contributed by atoms with Gasteiger partial charge in [-0.05, 0) is 49.4 Å². The molecule has 0 aliphatic heterocycles. The fraction of sp³-hybridized carbons (Fsp3) is 0.0909. The van der Waals surface area contributed by atoms with Crippen molar-refractivity contribution in [3.05, 3.63) is 84.4 Å². The SMILES string of the molecule is C[C@@H](Nc1cccc(NC(=O)Nc2ccccc2)c1)C(=O)Nc1ccc(F)cc1F. The topological polar surface area (TPSA) is 82.3 Å². The lowest BCUT2D eigenvalue weighted by Crippen LogP contribution is -2.32. The minimum absolute atomic E-state index is 0.108. The Labute approximate surface area is 172 Å². The summed E-state index contributed by atoms with van der Waals surface area (Å²) in [5.41, 5.74) is 1.64. The van der Waals surface area contributed by atoms with Crippen molar-refractivity contribution in [2.75, 3.05) is 21.3 Å². The van der Waals surface area contributed by atoms with E-state index in [9.17, 15) is 18.4 Å². The first-order valence-corrected chi connectivity index (χ1v) is 9.16. The third-order valence-electron chi connectivity index (χ3n) is 4.12. The molecule has 3 amide bonds. The second-order valence-electron chi connectivity index (χ2n) is 6.51. The number of rotatable bonds is 6. The first-order chi connectivity index (χ1) is 14.4. The summed E-state index contributed by atoms with van der Waals surface area (Å²) in [6, 6.07) is 17.6. The Hall–Kier alpha value is -3.94. The van der Waals surface area contributed by atoms with E-state index in [0.717, 1.165) is 12.1 Å². The number of hydrogen-bond donors (Lipinski definition) is 4. The molecule has 3 aromatic carbocycles. The van der Waals surface area contributed by atoms with E-state index in [1.807, 2.05) is 18.2 Å². The molecular weight excluding hydrogens is 390 g/mol. The molecule has 0 heterocycles. The van der Waals surface area contributed by atoms with Crippen LogP contribution in [0.15, 0.2) is 72.8 Å². The summed E-state index contributed by atoms with van der Waals surface area (Å²) in [6.07, 6.45) is 0. The predicted molar refractivity (Wildman–Crippen MR) is 114 cm³/mol. The van der Waals surface area contributed by atoms with Crippen molar-refractivity contribution in [3.63, 3.8) is 0 Å². The van der Waals surface area contributed by atoms with E-state index in [-0.39, 0.29) is 5.69 Å². The van der Waals surface area contributed by atoms with Crippen LogP contribution in [-0.4, -0.2) is 18.0 Å². The number of anilines is 4. The second kappa shape index (κ2) is 9.51. The Bertz CT molecular complexity index is 1040. The summed E-state index contributed by atoms with van der Waals surface area (Å²) in [7, 11) is 0. The zero-order valence-electron chi connectivity index (χ0n) is 16.1. The Balaban J connectivity index is 1.58. The number of amides is 3. The number of benzene rings is 3. The average Bonchev–Trinajstić information content (AvgIpc) is 2.71. The molecule has 0 fully saturated rings. The van der Waals surface area contributed by atoms with Gasteiger partial charge in [-0.1, -0.05) is 24.3 Å². The summed E-state index contributed by atoms with van der Waals surface area (Å²) in [6.45, 7) is 1.60. The van der Waals surface area contributed by atoms with Gasteiger partial charge in [0.1, 0.15) is 17.7 Å². The molecule has 30 heavy (non-hydrogen) atoms. The largest absolute Gasteiger partial charge is 0.374 e. The molecule has 6 nitrogen and oxygen atoms in total. The standard InChI is InChI=1S/C22H20F2N4O2/c1-14(21(29)28-20-11-10-15(23)12-19(20)24)25-17-8-5-9-18(13-17)27-22(30)26-16-6-3-2-4-7-16/h2-14,25H,1H3,(H,28,29)(H2,26,27,30)/t14-/m1/s1. The smallest absolute Gasteiger partial charge is 0.323 e. The quantitative estimate of drug-likeness (QED) is 0.459. The molecule has 0 unspecified atom stereocenters. The van der Waals surface area contributed by atoms with E-state index in [4.69, 9.17) is 0 Å². The van der Waals surface area contributed by atoms with E-state index >= 15 is 0 Å². The van der Waals surface area contributed by atoms with Gasteiger partial charge in [0.2, 0.25) is 5.91 Å². The highest BCUT2D eigenvalue weighted by molar-refractivity contribution is 6.00. The fourth-order valence-electron chi connectivity index (χ4n) is 2.65. The van der Waals surface area contributed by atoms with Crippen LogP contribution in [0.2, 0.25) is 0 Å². The van der Waals surface area contributed by atoms with E-state index in [1.165, 1.54) is 0 Å². The third kappa shape index (κ3) is 5.78. The van der Waals surface area contributed by atoms with Crippen LogP contribution >= 0.6 is 0 Å². The number of carbonyl (C=O) groups is 2. The van der Waals surface area contributed by atoms with E-state index in [0.29, 0.717) is 23.1 Å². The summed E-state index contributed by atoms with van der Waals surface area (Å²) >= 11 is 0. The minimum Gasteiger partial charge on any atom is -0.374 e. The van der Waals surface area contributed by atoms with Gasteiger partial charge < -0.3 is 21.3 Å². The number of urea groups is 1. The molecule has 8 heteroatoms. The average molecular weight is 410 g/mol. The molecule has 0 saturated heterocycles. The molecule has 3 rings (SSSR count). The lowest BCUT2D eigenvalue weighted by molar-refractivity contribution is -0.116. The molecule has 0 bridgehead atoms. The van der Waals surface area contributed by atoms with Crippen molar-refractivity contribution < 1.29 is 18.4 Å². The normalized spacial score (nSPS) is 11.3. The third-order valence-corrected chi connectivity index (χ3v) is 4.12. The van der Waals surface area contributed by atoms with Crippen LogP contribution in [0.3, 0.4) is 0 Å². The Morgan fingerprint density at radius 2 is 1.43 bits per heavy atom. The monoisotopic (exact) mass is 410 g/mol. The van der Waals surface area contributed by atoms with E-state index in [2.05, 4.69) is 21.3 Å². The molecule has 0 aliphatic rings. The molecule has 4 N–H and O–H groups in total. The summed E-state index contributed by atoms with van der Waals surface area (Å²) in [4.78, 5) is 24.4. The first kappa shape index (κ1) is 20.8. The van der Waals surface area contributed by atoms with Gasteiger partial charge >= 0.3 is 6.03 Å².